The Morgan fingerprint density at radius 2 is 1.72 bits per heavy atom. The Morgan fingerprint density at radius 1 is 1.17 bits per heavy atom. The molecule has 1 N–H and O–H groups in total. The maximum atomic E-state index is 13.5. The minimum atomic E-state index is -2.98. The number of carbonyl (C=O) groups is 1. The number of nitrogens with one attached hydrogen (secondary N) is 1. The second kappa shape index (κ2) is 4.16. The highest BCUT2D eigenvalue weighted by atomic mass is 31.2. The monoisotopic (exact) mass is 269 g/mol. The van der Waals surface area contributed by atoms with E-state index in [4.69, 9.17) is 0 Å². The molecule has 0 aliphatic carbocycles. The second-order valence-electron chi connectivity index (χ2n) is 4.37. The Labute approximate surface area is 104 Å². The van der Waals surface area contributed by atoms with Crippen molar-refractivity contribution in [3.63, 3.8) is 0 Å². The minimum absolute atomic E-state index is 0.0681. The Kier molecular flexibility index (Phi) is 2.73. The van der Waals surface area contributed by atoms with Gasteiger partial charge in [-0.2, -0.15) is 0 Å². The number of hydrogen-bond donors (Lipinski definition) is 1. The van der Waals surface area contributed by atoms with Crippen molar-refractivity contribution in [3.8, 4) is 0 Å². The molecule has 2 aliphatic heterocycles. The summed E-state index contributed by atoms with van der Waals surface area (Å²) in [5.41, 5.74) is -0.0681. The van der Waals surface area contributed by atoms with Gasteiger partial charge in [-0.25, -0.2) is 13.7 Å². The number of nitrogens with zero attached hydrogens (tertiary/aromatic N) is 2. The topological polar surface area (TPSA) is 52.2 Å². The molecular formula is C11H13FN3O2P. The van der Waals surface area contributed by atoms with Crippen LogP contribution in [0.3, 0.4) is 0 Å². The van der Waals surface area contributed by atoms with E-state index < -0.39 is 19.3 Å². The molecule has 0 atom stereocenters. The van der Waals surface area contributed by atoms with Crippen molar-refractivity contribution in [3.05, 3.63) is 35.6 Å². The van der Waals surface area contributed by atoms with Gasteiger partial charge in [-0.3, -0.25) is 14.4 Å². The van der Waals surface area contributed by atoms with E-state index in [-0.39, 0.29) is 5.56 Å². The molecule has 0 spiro atoms. The van der Waals surface area contributed by atoms with Crippen molar-refractivity contribution < 1.29 is 13.8 Å². The van der Waals surface area contributed by atoms with Crippen molar-refractivity contribution in [1.29, 1.82) is 0 Å². The van der Waals surface area contributed by atoms with Crippen LogP contribution in [0.5, 0.6) is 0 Å². The lowest BCUT2D eigenvalue weighted by Crippen LogP contribution is -2.28. The van der Waals surface area contributed by atoms with E-state index in [0.29, 0.717) is 26.2 Å². The highest BCUT2D eigenvalue weighted by Crippen LogP contribution is 2.56. The smallest absolute Gasteiger partial charge is 0.278 e. The minimum Gasteiger partial charge on any atom is -0.278 e. The molecule has 2 aliphatic rings. The van der Waals surface area contributed by atoms with Crippen LogP contribution in [0, 0.1) is 5.82 Å². The molecule has 2 fully saturated rings. The molecule has 1 aromatic rings. The quantitative estimate of drug-likeness (QED) is 0.661. The van der Waals surface area contributed by atoms with Crippen LogP contribution >= 0.6 is 7.59 Å². The largest absolute Gasteiger partial charge is 0.311 e. The third-order valence-corrected chi connectivity index (χ3v) is 5.81. The van der Waals surface area contributed by atoms with E-state index >= 15 is 0 Å². The van der Waals surface area contributed by atoms with Crippen molar-refractivity contribution in [2.75, 3.05) is 26.2 Å². The van der Waals surface area contributed by atoms with Crippen molar-refractivity contribution in [2.24, 2.45) is 0 Å². The van der Waals surface area contributed by atoms with Gasteiger partial charge in [0.15, 0.2) is 0 Å². The fourth-order valence-corrected chi connectivity index (χ4v) is 4.08. The van der Waals surface area contributed by atoms with Crippen LogP contribution in [-0.4, -0.2) is 41.4 Å². The molecule has 0 bridgehead atoms. The molecule has 0 saturated carbocycles. The lowest BCUT2D eigenvalue weighted by molar-refractivity contribution is 0.0973. The maximum Gasteiger partial charge on any atom is 0.311 e. The average molecular weight is 269 g/mol. The molecule has 0 unspecified atom stereocenters. The number of halogens is 1. The summed E-state index contributed by atoms with van der Waals surface area (Å²) in [7, 11) is -2.98. The molecule has 2 saturated heterocycles. The summed E-state index contributed by atoms with van der Waals surface area (Å²) in [6, 6.07) is 5.70. The fraction of sp³-hybridized carbons (Fsp3) is 0.364. The summed E-state index contributed by atoms with van der Waals surface area (Å²) in [6.07, 6.45) is 0. The van der Waals surface area contributed by atoms with Gasteiger partial charge < -0.3 is 0 Å². The lowest BCUT2D eigenvalue weighted by Gasteiger charge is -2.20. The van der Waals surface area contributed by atoms with E-state index in [2.05, 4.69) is 5.09 Å². The van der Waals surface area contributed by atoms with Gasteiger partial charge in [-0.15, -0.1) is 0 Å². The van der Waals surface area contributed by atoms with Crippen molar-refractivity contribution in [2.45, 2.75) is 0 Å². The molecular weight excluding hydrogens is 256 g/mol. The van der Waals surface area contributed by atoms with Gasteiger partial charge in [0.05, 0.1) is 5.56 Å². The molecule has 2 heterocycles. The summed E-state index contributed by atoms with van der Waals surface area (Å²) in [4.78, 5) is 12.0. The predicted molar refractivity (Wildman–Crippen MR) is 64.6 cm³/mol. The summed E-state index contributed by atoms with van der Waals surface area (Å²) < 4.78 is 29.5. The van der Waals surface area contributed by atoms with E-state index in [1.54, 1.807) is 15.4 Å². The average Bonchev–Trinajstić information content (AvgIpc) is 3.18. The Hall–Kier alpha value is -1.23. The predicted octanol–water partition coefficient (Wildman–Crippen LogP) is 1.29. The number of rotatable bonds is 4. The zero-order valence-corrected chi connectivity index (χ0v) is 10.6. The maximum absolute atomic E-state index is 13.5. The van der Waals surface area contributed by atoms with Crippen molar-refractivity contribution in [1.82, 2.24) is 14.4 Å². The standard InChI is InChI=1S/C11H13FN3O2P/c12-10-4-2-1-3-9(10)11(16)13-18(17,14-5-6-14)15-7-8-15/h1-4H,5-8H2,(H,13,16,17). The summed E-state index contributed by atoms with van der Waals surface area (Å²) in [6.45, 7) is 2.85. The van der Waals surface area contributed by atoms with E-state index in [1.807, 2.05) is 0 Å². The first-order chi connectivity index (χ1) is 8.61. The molecule has 1 amide bonds. The summed E-state index contributed by atoms with van der Waals surface area (Å²) >= 11 is 0. The van der Waals surface area contributed by atoms with Gasteiger partial charge in [0, 0.05) is 26.2 Å². The SMILES string of the molecule is O=C(NP(=O)(N1CC1)N1CC1)c1ccccc1F. The first-order valence-electron chi connectivity index (χ1n) is 5.79. The van der Waals surface area contributed by atoms with Crippen LogP contribution in [0.15, 0.2) is 24.3 Å². The van der Waals surface area contributed by atoms with Crippen LogP contribution in [-0.2, 0) is 4.57 Å². The van der Waals surface area contributed by atoms with Crippen LogP contribution in [0.1, 0.15) is 10.4 Å². The molecule has 5 nitrogen and oxygen atoms in total. The Balaban J connectivity index is 1.81. The van der Waals surface area contributed by atoms with Gasteiger partial charge in [0.2, 0.25) is 0 Å². The number of benzene rings is 1. The molecule has 0 aromatic heterocycles. The fourth-order valence-electron chi connectivity index (χ4n) is 1.79. The third-order valence-electron chi connectivity index (χ3n) is 2.98. The van der Waals surface area contributed by atoms with Crippen LogP contribution < -0.4 is 5.09 Å². The van der Waals surface area contributed by atoms with Crippen LogP contribution in [0.4, 0.5) is 4.39 Å². The normalized spacial score (nSPS) is 19.6. The highest BCUT2D eigenvalue weighted by molar-refractivity contribution is 7.58. The number of hydrogen-bond acceptors (Lipinski definition) is 2. The van der Waals surface area contributed by atoms with Gasteiger partial charge in [0.25, 0.3) is 5.91 Å². The number of amides is 1. The molecule has 18 heavy (non-hydrogen) atoms. The summed E-state index contributed by atoms with van der Waals surface area (Å²) in [5, 5.41) is 2.50. The first kappa shape index (κ1) is 11.8. The summed E-state index contributed by atoms with van der Waals surface area (Å²) in [5.74, 6) is -1.21. The van der Waals surface area contributed by atoms with Crippen LogP contribution in [0.2, 0.25) is 0 Å². The zero-order valence-electron chi connectivity index (χ0n) is 9.67. The van der Waals surface area contributed by atoms with Gasteiger partial charge in [-0.1, -0.05) is 12.1 Å². The van der Waals surface area contributed by atoms with Crippen molar-refractivity contribution >= 4 is 13.5 Å². The Bertz CT molecular complexity index is 527. The van der Waals surface area contributed by atoms with E-state index in [1.165, 1.54) is 18.2 Å². The van der Waals surface area contributed by atoms with Crippen LogP contribution in [0.25, 0.3) is 0 Å². The third kappa shape index (κ3) is 2.07. The zero-order chi connectivity index (χ0) is 12.8. The van der Waals surface area contributed by atoms with Gasteiger partial charge in [-0.05, 0) is 12.1 Å². The first-order valence-corrected chi connectivity index (χ1v) is 7.40. The van der Waals surface area contributed by atoms with Gasteiger partial charge in [0.1, 0.15) is 5.82 Å². The molecule has 0 radical (unpaired) electrons. The number of carbonyl (C=O) groups excluding carboxylic acids is 1. The molecule has 3 rings (SSSR count). The Morgan fingerprint density at radius 3 is 2.22 bits per heavy atom. The molecule has 7 heteroatoms. The molecule has 96 valence electrons. The van der Waals surface area contributed by atoms with Gasteiger partial charge >= 0.3 is 7.59 Å². The van der Waals surface area contributed by atoms with E-state index in [0.717, 1.165) is 0 Å². The van der Waals surface area contributed by atoms with E-state index in [9.17, 15) is 13.8 Å². The lowest BCUT2D eigenvalue weighted by atomic mass is 10.2. The second-order valence-corrected chi connectivity index (χ2v) is 6.82. The molecule has 1 aromatic carbocycles. The highest BCUT2D eigenvalue weighted by Gasteiger charge is 2.49.